The molecule has 19 heavy (non-hydrogen) atoms. The van der Waals surface area contributed by atoms with Gasteiger partial charge in [-0.1, -0.05) is 18.1 Å². The van der Waals surface area contributed by atoms with E-state index in [9.17, 15) is 0 Å². The summed E-state index contributed by atoms with van der Waals surface area (Å²) in [5.74, 6) is 0.196. The lowest BCUT2D eigenvalue weighted by Crippen LogP contribution is -2.29. The van der Waals surface area contributed by atoms with E-state index in [4.69, 9.17) is 10.9 Å². The van der Waals surface area contributed by atoms with Gasteiger partial charge < -0.3 is 15.8 Å². The molecule has 2 rings (SSSR count). The molecule has 1 aromatic rings. The molecule has 0 saturated heterocycles. The lowest BCUT2D eigenvalue weighted by molar-refractivity contribution is 0.318. The van der Waals surface area contributed by atoms with Gasteiger partial charge in [0, 0.05) is 23.2 Å². The second kappa shape index (κ2) is 6.19. The summed E-state index contributed by atoms with van der Waals surface area (Å²) in [5.41, 5.74) is 7.83. The molecule has 3 N–H and O–H groups in total. The SMILES string of the molecule is CCCN(c1cccc(SC)c1/C(N)=N/O)C1CC1. The fraction of sp³-hybridized carbons (Fsp3) is 0.500. The van der Waals surface area contributed by atoms with Gasteiger partial charge >= 0.3 is 0 Å². The van der Waals surface area contributed by atoms with E-state index in [1.54, 1.807) is 11.8 Å². The number of nitrogens with two attached hydrogens (primary N) is 1. The average Bonchev–Trinajstić information content (AvgIpc) is 3.27. The standard InChI is InChI=1S/C14H21N3OS/c1-3-9-17(10-7-8-10)11-5-4-6-12(19-2)13(11)14(15)16-18/h4-6,10,18H,3,7-9H2,1-2H3,(H2,15,16). The molecule has 0 amide bonds. The van der Waals surface area contributed by atoms with Gasteiger partial charge in [-0.3, -0.25) is 0 Å². The Hall–Kier alpha value is -1.36. The van der Waals surface area contributed by atoms with Gasteiger partial charge in [0.1, 0.15) is 0 Å². The van der Waals surface area contributed by atoms with Crippen molar-refractivity contribution in [3.8, 4) is 0 Å². The van der Waals surface area contributed by atoms with Gasteiger partial charge in [0.25, 0.3) is 0 Å². The minimum absolute atomic E-state index is 0.196. The summed E-state index contributed by atoms with van der Waals surface area (Å²) in [7, 11) is 0. The molecule has 0 radical (unpaired) electrons. The smallest absolute Gasteiger partial charge is 0.173 e. The van der Waals surface area contributed by atoms with Crippen LogP contribution in [0.3, 0.4) is 0 Å². The largest absolute Gasteiger partial charge is 0.409 e. The Morgan fingerprint density at radius 3 is 2.79 bits per heavy atom. The zero-order chi connectivity index (χ0) is 13.8. The Labute approximate surface area is 118 Å². The molecule has 0 aromatic heterocycles. The fourth-order valence-corrected chi connectivity index (χ4v) is 2.99. The third-order valence-electron chi connectivity index (χ3n) is 3.35. The number of thioether (sulfide) groups is 1. The van der Waals surface area contributed by atoms with Crippen molar-refractivity contribution < 1.29 is 5.21 Å². The number of oxime groups is 1. The fourth-order valence-electron chi connectivity index (χ4n) is 2.36. The highest BCUT2D eigenvalue weighted by Gasteiger charge is 2.31. The normalized spacial score (nSPS) is 15.6. The van der Waals surface area contributed by atoms with Crippen molar-refractivity contribution >= 4 is 23.3 Å². The minimum Gasteiger partial charge on any atom is -0.409 e. The highest BCUT2D eigenvalue weighted by atomic mass is 32.2. The highest BCUT2D eigenvalue weighted by molar-refractivity contribution is 7.98. The van der Waals surface area contributed by atoms with Gasteiger partial charge in [0.15, 0.2) is 5.84 Å². The van der Waals surface area contributed by atoms with Gasteiger partial charge in [0.05, 0.1) is 5.56 Å². The van der Waals surface area contributed by atoms with E-state index in [2.05, 4.69) is 23.0 Å². The van der Waals surface area contributed by atoms with Crippen LogP contribution >= 0.6 is 11.8 Å². The molecule has 1 aliphatic rings. The first kappa shape index (κ1) is 14.1. The van der Waals surface area contributed by atoms with Gasteiger partial charge in [-0.25, -0.2) is 0 Å². The summed E-state index contributed by atoms with van der Waals surface area (Å²) >= 11 is 1.62. The van der Waals surface area contributed by atoms with Crippen LogP contribution in [0.25, 0.3) is 0 Å². The summed E-state index contributed by atoms with van der Waals surface area (Å²) in [6.07, 6.45) is 5.57. The first-order valence-electron chi connectivity index (χ1n) is 6.64. The van der Waals surface area contributed by atoms with Crippen LogP contribution in [0.1, 0.15) is 31.7 Å². The first-order chi connectivity index (χ1) is 9.22. The quantitative estimate of drug-likeness (QED) is 0.276. The Morgan fingerprint density at radius 1 is 1.53 bits per heavy atom. The number of anilines is 1. The van der Waals surface area contributed by atoms with Gasteiger partial charge in [-0.15, -0.1) is 11.8 Å². The monoisotopic (exact) mass is 279 g/mol. The van der Waals surface area contributed by atoms with Crippen LogP contribution in [-0.4, -0.2) is 29.9 Å². The molecule has 1 saturated carbocycles. The van der Waals surface area contributed by atoms with Crippen LogP contribution in [0.2, 0.25) is 0 Å². The lowest BCUT2D eigenvalue weighted by Gasteiger charge is -2.27. The minimum atomic E-state index is 0.196. The van der Waals surface area contributed by atoms with E-state index in [-0.39, 0.29) is 5.84 Å². The summed E-state index contributed by atoms with van der Waals surface area (Å²) in [6.45, 7) is 3.19. The van der Waals surface area contributed by atoms with Crippen molar-refractivity contribution in [2.45, 2.75) is 37.1 Å². The first-order valence-corrected chi connectivity index (χ1v) is 7.87. The number of nitrogens with zero attached hydrogens (tertiary/aromatic N) is 2. The van der Waals surface area contributed by atoms with E-state index in [1.165, 1.54) is 12.8 Å². The summed E-state index contributed by atoms with van der Waals surface area (Å²) in [4.78, 5) is 3.45. The van der Waals surface area contributed by atoms with E-state index in [0.717, 1.165) is 29.1 Å². The summed E-state index contributed by atoms with van der Waals surface area (Å²) < 4.78 is 0. The summed E-state index contributed by atoms with van der Waals surface area (Å²) in [6, 6.07) is 6.74. The van der Waals surface area contributed by atoms with Crippen molar-refractivity contribution in [1.29, 1.82) is 0 Å². The van der Waals surface area contributed by atoms with Crippen molar-refractivity contribution in [2.24, 2.45) is 10.9 Å². The Morgan fingerprint density at radius 2 is 2.26 bits per heavy atom. The zero-order valence-corrected chi connectivity index (χ0v) is 12.3. The van der Waals surface area contributed by atoms with Gasteiger partial charge in [-0.2, -0.15) is 0 Å². The molecule has 1 aliphatic carbocycles. The van der Waals surface area contributed by atoms with Gasteiger partial charge in [0.2, 0.25) is 0 Å². The van der Waals surface area contributed by atoms with Crippen molar-refractivity contribution in [3.05, 3.63) is 23.8 Å². The molecule has 1 aromatic carbocycles. The number of hydrogen-bond donors (Lipinski definition) is 2. The average molecular weight is 279 g/mol. The Kier molecular flexibility index (Phi) is 4.58. The molecule has 104 valence electrons. The van der Waals surface area contributed by atoms with Crippen LogP contribution in [0.4, 0.5) is 5.69 Å². The van der Waals surface area contributed by atoms with Crippen LogP contribution < -0.4 is 10.6 Å². The predicted molar refractivity (Wildman–Crippen MR) is 81.4 cm³/mol. The number of hydrogen-bond acceptors (Lipinski definition) is 4. The number of benzene rings is 1. The molecule has 0 spiro atoms. The maximum atomic E-state index is 9.03. The van der Waals surface area contributed by atoms with E-state index >= 15 is 0 Å². The molecule has 0 heterocycles. The van der Waals surface area contributed by atoms with Crippen LogP contribution in [0.15, 0.2) is 28.3 Å². The summed E-state index contributed by atoms with van der Waals surface area (Å²) in [5, 5.41) is 12.2. The van der Waals surface area contributed by atoms with Crippen molar-refractivity contribution in [2.75, 3.05) is 17.7 Å². The second-order valence-electron chi connectivity index (χ2n) is 4.76. The third kappa shape index (κ3) is 2.97. The van der Waals surface area contributed by atoms with E-state index in [1.807, 2.05) is 18.4 Å². The number of amidine groups is 1. The Balaban J connectivity index is 2.48. The Bertz CT molecular complexity index is 472. The molecule has 0 aliphatic heterocycles. The molecule has 0 bridgehead atoms. The van der Waals surface area contributed by atoms with Crippen LogP contribution in [0, 0.1) is 0 Å². The zero-order valence-electron chi connectivity index (χ0n) is 11.5. The molecule has 5 heteroatoms. The molecular formula is C14H21N3OS. The van der Waals surface area contributed by atoms with Crippen molar-refractivity contribution in [1.82, 2.24) is 0 Å². The molecule has 0 atom stereocenters. The highest BCUT2D eigenvalue weighted by Crippen LogP contribution is 2.36. The second-order valence-corrected chi connectivity index (χ2v) is 5.61. The van der Waals surface area contributed by atoms with Crippen LogP contribution in [-0.2, 0) is 0 Å². The lowest BCUT2D eigenvalue weighted by atomic mass is 10.1. The van der Waals surface area contributed by atoms with Gasteiger partial charge in [-0.05, 0) is 37.7 Å². The molecule has 0 unspecified atom stereocenters. The maximum Gasteiger partial charge on any atom is 0.173 e. The topological polar surface area (TPSA) is 61.8 Å². The maximum absolute atomic E-state index is 9.03. The van der Waals surface area contributed by atoms with E-state index in [0.29, 0.717) is 6.04 Å². The predicted octanol–water partition coefficient (Wildman–Crippen LogP) is 2.88. The van der Waals surface area contributed by atoms with E-state index < -0.39 is 0 Å². The van der Waals surface area contributed by atoms with Crippen LogP contribution in [0.5, 0.6) is 0 Å². The molecule has 1 fully saturated rings. The third-order valence-corrected chi connectivity index (χ3v) is 4.13. The molecular weight excluding hydrogens is 258 g/mol. The van der Waals surface area contributed by atoms with Crippen molar-refractivity contribution in [3.63, 3.8) is 0 Å². The number of rotatable bonds is 6. The molecule has 4 nitrogen and oxygen atoms in total.